The maximum atomic E-state index is 12.6. The SMILES string of the molecule is O=C(CCN1C(=O)/C(=C/c2cccs2)SC1=S)NCc1cc(-c2ccc(Cl)cc2)no1. The van der Waals surface area contributed by atoms with Crippen LogP contribution in [0.15, 0.2) is 57.3 Å². The lowest BCUT2D eigenvalue weighted by Crippen LogP contribution is -2.33. The van der Waals surface area contributed by atoms with Crippen molar-refractivity contribution in [2.75, 3.05) is 6.54 Å². The van der Waals surface area contributed by atoms with Gasteiger partial charge in [0.25, 0.3) is 5.91 Å². The summed E-state index contributed by atoms with van der Waals surface area (Å²) < 4.78 is 5.74. The van der Waals surface area contributed by atoms with Crippen LogP contribution < -0.4 is 5.32 Å². The number of nitrogens with zero attached hydrogens (tertiary/aromatic N) is 2. The van der Waals surface area contributed by atoms with Crippen LogP contribution in [-0.2, 0) is 16.1 Å². The zero-order valence-corrected chi connectivity index (χ0v) is 19.2. The van der Waals surface area contributed by atoms with Crippen molar-refractivity contribution in [3.8, 4) is 11.3 Å². The number of thiophene rings is 1. The number of thiocarbonyl (C=S) groups is 1. The molecule has 1 aliphatic rings. The summed E-state index contributed by atoms with van der Waals surface area (Å²) in [7, 11) is 0. The number of amides is 2. The Labute approximate surface area is 197 Å². The highest BCUT2D eigenvalue weighted by atomic mass is 35.5. The third-order valence-electron chi connectivity index (χ3n) is 4.41. The molecule has 10 heteroatoms. The van der Waals surface area contributed by atoms with Gasteiger partial charge in [-0.15, -0.1) is 11.3 Å². The molecule has 4 rings (SSSR count). The van der Waals surface area contributed by atoms with Crippen molar-refractivity contribution in [1.82, 2.24) is 15.4 Å². The Morgan fingerprint density at radius 1 is 1.29 bits per heavy atom. The normalized spacial score (nSPS) is 15.1. The van der Waals surface area contributed by atoms with Crippen molar-refractivity contribution in [2.45, 2.75) is 13.0 Å². The van der Waals surface area contributed by atoms with E-state index in [1.54, 1.807) is 29.5 Å². The molecule has 0 bridgehead atoms. The maximum absolute atomic E-state index is 12.6. The van der Waals surface area contributed by atoms with E-state index in [4.69, 9.17) is 28.3 Å². The average molecular weight is 490 g/mol. The van der Waals surface area contributed by atoms with Crippen LogP contribution in [0.2, 0.25) is 5.02 Å². The predicted molar refractivity (Wildman–Crippen MR) is 128 cm³/mol. The fourth-order valence-corrected chi connectivity index (χ4v) is 4.99. The van der Waals surface area contributed by atoms with Gasteiger partial charge in [0, 0.05) is 34.5 Å². The molecule has 0 atom stereocenters. The lowest BCUT2D eigenvalue weighted by molar-refractivity contribution is -0.124. The summed E-state index contributed by atoms with van der Waals surface area (Å²) in [5.74, 6) is 0.155. The number of nitrogens with one attached hydrogen (secondary N) is 1. The van der Waals surface area contributed by atoms with E-state index in [9.17, 15) is 9.59 Å². The van der Waals surface area contributed by atoms with Gasteiger partial charge in [-0.2, -0.15) is 0 Å². The van der Waals surface area contributed by atoms with E-state index in [0.717, 1.165) is 10.4 Å². The molecule has 1 aliphatic heterocycles. The molecule has 1 saturated heterocycles. The smallest absolute Gasteiger partial charge is 0.266 e. The molecular formula is C21H16ClN3O3S3. The third kappa shape index (κ3) is 5.43. The monoisotopic (exact) mass is 489 g/mol. The van der Waals surface area contributed by atoms with E-state index >= 15 is 0 Å². The number of halogens is 1. The lowest BCUT2D eigenvalue weighted by atomic mass is 10.1. The molecule has 1 fully saturated rings. The van der Waals surface area contributed by atoms with Gasteiger partial charge in [0.15, 0.2) is 5.76 Å². The molecule has 0 radical (unpaired) electrons. The number of hydrogen-bond donors (Lipinski definition) is 1. The van der Waals surface area contributed by atoms with Crippen LogP contribution in [0.5, 0.6) is 0 Å². The molecule has 1 aromatic carbocycles. The van der Waals surface area contributed by atoms with Gasteiger partial charge in [-0.3, -0.25) is 14.5 Å². The van der Waals surface area contributed by atoms with Crippen LogP contribution in [-0.4, -0.2) is 32.7 Å². The summed E-state index contributed by atoms with van der Waals surface area (Å²) in [4.78, 5) is 27.9. The molecule has 1 N–H and O–H groups in total. The first-order chi connectivity index (χ1) is 15.0. The zero-order valence-electron chi connectivity index (χ0n) is 16.0. The Morgan fingerprint density at radius 2 is 2.10 bits per heavy atom. The van der Waals surface area contributed by atoms with Gasteiger partial charge in [0.1, 0.15) is 10.0 Å². The molecule has 0 aliphatic carbocycles. The number of aromatic nitrogens is 1. The van der Waals surface area contributed by atoms with Crippen molar-refractivity contribution in [1.29, 1.82) is 0 Å². The first-order valence-corrected chi connectivity index (χ1v) is 11.7. The minimum Gasteiger partial charge on any atom is -0.359 e. The van der Waals surface area contributed by atoms with Gasteiger partial charge < -0.3 is 9.84 Å². The van der Waals surface area contributed by atoms with Gasteiger partial charge in [0.2, 0.25) is 5.91 Å². The van der Waals surface area contributed by atoms with E-state index < -0.39 is 0 Å². The van der Waals surface area contributed by atoms with E-state index in [-0.39, 0.29) is 31.3 Å². The number of benzene rings is 1. The largest absolute Gasteiger partial charge is 0.359 e. The van der Waals surface area contributed by atoms with Gasteiger partial charge in [-0.05, 0) is 29.7 Å². The highest BCUT2D eigenvalue weighted by molar-refractivity contribution is 8.26. The van der Waals surface area contributed by atoms with Crippen molar-refractivity contribution in [3.05, 3.63) is 68.4 Å². The molecule has 2 amide bonds. The van der Waals surface area contributed by atoms with Crippen molar-refractivity contribution in [2.24, 2.45) is 0 Å². The number of rotatable bonds is 7. The number of thioether (sulfide) groups is 1. The fraction of sp³-hybridized carbons (Fsp3) is 0.143. The quantitative estimate of drug-likeness (QED) is 0.373. The Bertz CT molecular complexity index is 1140. The Hall–Kier alpha value is -2.46. The molecule has 3 heterocycles. The molecule has 6 nitrogen and oxygen atoms in total. The van der Waals surface area contributed by atoms with Gasteiger partial charge in [-0.25, -0.2) is 0 Å². The first kappa shape index (κ1) is 21.8. The van der Waals surface area contributed by atoms with Gasteiger partial charge >= 0.3 is 0 Å². The van der Waals surface area contributed by atoms with Crippen molar-refractivity contribution < 1.29 is 14.1 Å². The van der Waals surface area contributed by atoms with Crippen molar-refractivity contribution in [3.63, 3.8) is 0 Å². The van der Waals surface area contributed by atoms with Gasteiger partial charge in [0.05, 0.1) is 11.4 Å². The molecule has 0 spiro atoms. The molecule has 0 unspecified atom stereocenters. The number of carbonyl (C=O) groups excluding carboxylic acids is 2. The Kier molecular flexibility index (Phi) is 6.86. The molecule has 31 heavy (non-hydrogen) atoms. The lowest BCUT2D eigenvalue weighted by Gasteiger charge is -2.13. The molecule has 0 saturated carbocycles. The summed E-state index contributed by atoms with van der Waals surface area (Å²) in [6, 6.07) is 12.9. The molecule has 158 valence electrons. The van der Waals surface area contributed by atoms with Crippen LogP contribution in [0.25, 0.3) is 17.3 Å². The summed E-state index contributed by atoms with van der Waals surface area (Å²) in [6.07, 6.45) is 1.96. The third-order valence-corrected chi connectivity index (χ3v) is 6.86. The minimum absolute atomic E-state index is 0.136. The van der Waals surface area contributed by atoms with Crippen LogP contribution in [0.3, 0.4) is 0 Å². The summed E-state index contributed by atoms with van der Waals surface area (Å²) in [5.41, 5.74) is 1.53. The van der Waals surface area contributed by atoms with Crippen LogP contribution >= 0.6 is 46.9 Å². The maximum Gasteiger partial charge on any atom is 0.266 e. The zero-order chi connectivity index (χ0) is 21.8. The Morgan fingerprint density at radius 3 is 2.84 bits per heavy atom. The summed E-state index contributed by atoms with van der Waals surface area (Å²) >= 11 is 14.0. The van der Waals surface area contributed by atoms with Crippen molar-refractivity contribution >= 4 is 69.1 Å². The van der Waals surface area contributed by atoms with Gasteiger partial charge in [-0.1, -0.05) is 58.9 Å². The number of carbonyl (C=O) groups is 2. The second-order valence-corrected chi connectivity index (χ2v) is 9.65. The highest BCUT2D eigenvalue weighted by Crippen LogP contribution is 2.33. The first-order valence-electron chi connectivity index (χ1n) is 9.27. The standard InChI is InChI=1S/C21H16ClN3O3S3/c22-14-5-3-13(4-6-14)17-10-15(28-24-17)12-23-19(26)7-8-25-20(27)18(31-21(25)29)11-16-2-1-9-30-16/h1-6,9-11H,7-8,12H2,(H,23,26)/b18-11-. The minimum atomic E-state index is -0.208. The fourth-order valence-electron chi connectivity index (χ4n) is 2.84. The summed E-state index contributed by atoms with van der Waals surface area (Å²) in [5, 5.41) is 9.38. The molecule has 3 aromatic rings. The number of hydrogen-bond acceptors (Lipinski definition) is 7. The average Bonchev–Trinajstić information content (AvgIpc) is 3.49. The molecular weight excluding hydrogens is 474 g/mol. The predicted octanol–water partition coefficient (Wildman–Crippen LogP) is 4.96. The van der Waals surface area contributed by atoms with E-state index in [0.29, 0.717) is 25.7 Å². The molecule has 2 aromatic heterocycles. The van der Waals surface area contributed by atoms with E-state index in [1.807, 2.05) is 35.7 Å². The second-order valence-electron chi connectivity index (χ2n) is 6.56. The summed E-state index contributed by atoms with van der Waals surface area (Å²) in [6.45, 7) is 0.431. The van der Waals surface area contributed by atoms with Crippen LogP contribution in [0, 0.1) is 0 Å². The second kappa shape index (κ2) is 9.78. The van der Waals surface area contributed by atoms with E-state index in [1.165, 1.54) is 16.7 Å². The van der Waals surface area contributed by atoms with E-state index in [2.05, 4.69) is 10.5 Å². The highest BCUT2D eigenvalue weighted by Gasteiger charge is 2.32. The van der Waals surface area contributed by atoms with Crippen LogP contribution in [0.4, 0.5) is 0 Å². The topological polar surface area (TPSA) is 75.4 Å². The van der Waals surface area contributed by atoms with Crippen LogP contribution in [0.1, 0.15) is 17.1 Å². The Balaban J connectivity index is 1.27.